The number of aromatic nitrogens is 2. The summed E-state index contributed by atoms with van der Waals surface area (Å²) in [6.07, 6.45) is 4.31. The van der Waals surface area contributed by atoms with Crippen LogP contribution in [0.4, 0.5) is 5.82 Å². The predicted octanol–water partition coefficient (Wildman–Crippen LogP) is -0.199. The SMILES string of the molecule is CCn1ccnc(N2CCC(N)C2)c1=O. The maximum atomic E-state index is 11.9. The molecule has 1 saturated heterocycles. The van der Waals surface area contributed by atoms with E-state index in [4.69, 9.17) is 5.73 Å². The lowest BCUT2D eigenvalue weighted by atomic mass is 10.3. The van der Waals surface area contributed by atoms with E-state index in [-0.39, 0.29) is 11.6 Å². The van der Waals surface area contributed by atoms with Crippen molar-refractivity contribution in [1.29, 1.82) is 0 Å². The average molecular weight is 208 g/mol. The first-order valence-electron chi connectivity index (χ1n) is 5.28. The second-order valence-electron chi connectivity index (χ2n) is 3.84. The van der Waals surface area contributed by atoms with Gasteiger partial charge in [-0.1, -0.05) is 0 Å². The van der Waals surface area contributed by atoms with Gasteiger partial charge in [-0.3, -0.25) is 4.79 Å². The summed E-state index contributed by atoms with van der Waals surface area (Å²) in [5.74, 6) is 0.535. The van der Waals surface area contributed by atoms with Crippen molar-refractivity contribution in [2.45, 2.75) is 25.9 Å². The summed E-state index contributed by atoms with van der Waals surface area (Å²) in [5, 5.41) is 0. The Morgan fingerprint density at radius 3 is 3.07 bits per heavy atom. The predicted molar refractivity (Wildman–Crippen MR) is 59.0 cm³/mol. The summed E-state index contributed by atoms with van der Waals surface area (Å²) in [4.78, 5) is 18.0. The third kappa shape index (κ3) is 1.87. The molecule has 0 aromatic carbocycles. The second-order valence-corrected chi connectivity index (χ2v) is 3.84. The van der Waals surface area contributed by atoms with Crippen LogP contribution in [0.3, 0.4) is 0 Å². The summed E-state index contributed by atoms with van der Waals surface area (Å²) in [6, 6.07) is 0.168. The molecule has 1 aromatic rings. The van der Waals surface area contributed by atoms with E-state index < -0.39 is 0 Å². The molecule has 1 aliphatic rings. The van der Waals surface area contributed by atoms with Crippen LogP contribution in [0.2, 0.25) is 0 Å². The number of rotatable bonds is 2. The molecule has 82 valence electrons. The van der Waals surface area contributed by atoms with Crippen molar-refractivity contribution in [3.63, 3.8) is 0 Å². The number of hydrogen-bond donors (Lipinski definition) is 1. The highest BCUT2D eigenvalue weighted by atomic mass is 16.1. The van der Waals surface area contributed by atoms with Gasteiger partial charge in [0.15, 0.2) is 5.82 Å². The van der Waals surface area contributed by atoms with Gasteiger partial charge >= 0.3 is 0 Å². The Hall–Kier alpha value is -1.36. The summed E-state index contributed by atoms with van der Waals surface area (Å²) >= 11 is 0. The largest absolute Gasteiger partial charge is 0.350 e. The standard InChI is InChI=1S/C10H16N4O/c1-2-13-6-4-12-9(10(13)15)14-5-3-8(11)7-14/h4,6,8H,2-3,5,7,11H2,1H3. The van der Waals surface area contributed by atoms with Crippen LogP contribution in [0.15, 0.2) is 17.2 Å². The quantitative estimate of drug-likeness (QED) is 0.731. The minimum absolute atomic E-state index is 0.0194. The lowest BCUT2D eigenvalue weighted by Gasteiger charge is -2.16. The number of anilines is 1. The Kier molecular flexibility index (Phi) is 2.73. The van der Waals surface area contributed by atoms with Crippen molar-refractivity contribution in [3.8, 4) is 0 Å². The molecule has 0 amide bonds. The molecule has 2 heterocycles. The van der Waals surface area contributed by atoms with Gasteiger partial charge in [0.1, 0.15) is 0 Å². The van der Waals surface area contributed by atoms with Crippen molar-refractivity contribution in [2.24, 2.45) is 5.73 Å². The van der Waals surface area contributed by atoms with Crippen LogP contribution >= 0.6 is 0 Å². The van der Waals surface area contributed by atoms with Crippen molar-refractivity contribution in [2.75, 3.05) is 18.0 Å². The van der Waals surface area contributed by atoms with E-state index in [0.29, 0.717) is 12.4 Å². The number of nitrogens with zero attached hydrogens (tertiary/aromatic N) is 3. The maximum Gasteiger partial charge on any atom is 0.293 e. The van der Waals surface area contributed by atoms with E-state index >= 15 is 0 Å². The van der Waals surface area contributed by atoms with E-state index in [1.165, 1.54) is 0 Å². The zero-order valence-corrected chi connectivity index (χ0v) is 8.89. The maximum absolute atomic E-state index is 11.9. The first kappa shape index (κ1) is 10.2. The molecular weight excluding hydrogens is 192 g/mol. The number of hydrogen-bond acceptors (Lipinski definition) is 4. The topological polar surface area (TPSA) is 64.2 Å². The fourth-order valence-electron chi connectivity index (χ4n) is 1.88. The Labute approximate surface area is 88.5 Å². The van der Waals surface area contributed by atoms with E-state index in [1.54, 1.807) is 17.0 Å². The van der Waals surface area contributed by atoms with E-state index in [0.717, 1.165) is 19.5 Å². The molecule has 1 aliphatic heterocycles. The number of nitrogens with two attached hydrogens (primary N) is 1. The Morgan fingerprint density at radius 2 is 2.47 bits per heavy atom. The minimum Gasteiger partial charge on any atom is -0.350 e. The van der Waals surface area contributed by atoms with E-state index in [9.17, 15) is 4.79 Å². The second kappa shape index (κ2) is 4.02. The van der Waals surface area contributed by atoms with E-state index in [2.05, 4.69) is 4.98 Å². The zero-order valence-electron chi connectivity index (χ0n) is 8.89. The van der Waals surface area contributed by atoms with Gasteiger partial charge in [0, 0.05) is 38.1 Å². The van der Waals surface area contributed by atoms with Gasteiger partial charge < -0.3 is 15.2 Å². The van der Waals surface area contributed by atoms with Gasteiger partial charge in [-0.15, -0.1) is 0 Å². The van der Waals surface area contributed by atoms with Gasteiger partial charge in [-0.05, 0) is 13.3 Å². The van der Waals surface area contributed by atoms with Crippen molar-refractivity contribution in [1.82, 2.24) is 9.55 Å². The Morgan fingerprint density at radius 1 is 1.67 bits per heavy atom. The molecule has 5 nitrogen and oxygen atoms in total. The van der Waals surface area contributed by atoms with Crippen LogP contribution in [-0.2, 0) is 6.54 Å². The average Bonchev–Trinajstić information content (AvgIpc) is 2.65. The van der Waals surface area contributed by atoms with Crippen LogP contribution < -0.4 is 16.2 Å². The lowest BCUT2D eigenvalue weighted by molar-refractivity contribution is 0.707. The molecular formula is C10H16N4O. The molecule has 2 rings (SSSR count). The van der Waals surface area contributed by atoms with Crippen molar-refractivity contribution >= 4 is 5.82 Å². The molecule has 0 spiro atoms. The molecule has 1 fully saturated rings. The molecule has 2 N–H and O–H groups in total. The van der Waals surface area contributed by atoms with Crippen LogP contribution in [0.5, 0.6) is 0 Å². The van der Waals surface area contributed by atoms with Crippen LogP contribution in [0, 0.1) is 0 Å². The lowest BCUT2D eigenvalue weighted by Crippen LogP contribution is -2.33. The van der Waals surface area contributed by atoms with Crippen LogP contribution in [-0.4, -0.2) is 28.7 Å². The van der Waals surface area contributed by atoms with Gasteiger partial charge in [-0.25, -0.2) is 4.98 Å². The van der Waals surface area contributed by atoms with Crippen LogP contribution in [0.25, 0.3) is 0 Å². The number of aryl methyl sites for hydroxylation is 1. The monoisotopic (exact) mass is 208 g/mol. The summed E-state index contributed by atoms with van der Waals surface area (Å²) in [6.45, 7) is 4.18. The Balaban J connectivity index is 2.32. The highest BCUT2D eigenvalue weighted by molar-refractivity contribution is 5.37. The molecule has 0 bridgehead atoms. The zero-order chi connectivity index (χ0) is 10.8. The summed E-state index contributed by atoms with van der Waals surface area (Å²) in [5.41, 5.74) is 5.79. The van der Waals surface area contributed by atoms with Gasteiger partial charge in [-0.2, -0.15) is 0 Å². The van der Waals surface area contributed by atoms with Gasteiger partial charge in [0.05, 0.1) is 0 Å². The molecule has 0 aliphatic carbocycles. The minimum atomic E-state index is -0.0194. The smallest absolute Gasteiger partial charge is 0.293 e. The summed E-state index contributed by atoms with van der Waals surface area (Å²) in [7, 11) is 0. The molecule has 1 aromatic heterocycles. The molecule has 0 saturated carbocycles. The first-order chi connectivity index (χ1) is 7.22. The summed E-state index contributed by atoms with van der Waals surface area (Å²) < 4.78 is 1.66. The highest BCUT2D eigenvalue weighted by Gasteiger charge is 2.22. The first-order valence-corrected chi connectivity index (χ1v) is 5.28. The Bertz CT molecular complexity index is 401. The van der Waals surface area contributed by atoms with Crippen molar-refractivity contribution < 1.29 is 0 Å². The third-order valence-corrected chi connectivity index (χ3v) is 2.76. The van der Waals surface area contributed by atoms with Crippen LogP contribution in [0.1, 0.15) is 13.3 Å². The molecule has 15 heavy (non-hydrogen) atoms. The van der Waals surface area contributed by atoms with Gasteiger partial charge in [0.25, 0.3) is 5.56 Å². The fraction of sp³-hybridized carbons (Fsp3) is 0.600. The molecule has 5 heteroatoms. The van der Waals surface area contributed by atoms with Gasteiger partial charge in [0.2, 0.25) is 0 Å². The highest BCUT2D eigenvalue weighted by Crippen LogP contribution is 2.12. The third-order valence-electron chi connectivity index (χ3n) is 2.76. The van der Waals surface area contributed by atoms with Crippen molar-refractivity contribution in [3.05, 3.63) is 22.7 Å². The van der Waals surface area contributed by atoms with E-state index in [1.807, 2.05) is 11.8 Å². The molecule has 1 atom stereocenters. The fourth-order valence-corrected chi connectivity index (χ4v) is 1.88. The molecule has 0 radical (unpaired) electrons. The molecule has 1 unspecified atom stereocenters. The normalized spacial score (nSPS) is 20.9.